The normalized spacial score (nSPS) is 14.8. The van der Waals surface area contributed by atoms with E-state index in [2.05, 4.69) is 10.6 Å². The van der Waals surface area contributed by atoms with Crippen LogP contribution in [0.3, 0.4) is 0 Å². The van der Waals surface area contributed by atoms with Crippen molar-refractivity contribution >= 4 is 27.5 Å². The number of carbonyl (C=O) groups excluding carboxylic acids is 2. The minimum Gasteiger partial charge on any atom is -0.355 e. The van der Waals surface area contributed by atoms with Crippen LogP contribution in [0.2, 0.25) is 0 Å². The number of sulfonamides is 1. The zero-order chi connectivity index (χ0) is 21.6. The van der Waals surface area contributed by atoms with E-state index < -0.39 is 10.0 Å². The Labute approximate surface area is 177 Å². The number of rotatable bonds is 7. The molecular formula is C22H27N3O4S. The Morgan fingerprint density at radius 3 is 2.37 bits per heavy atom. The summed E-state index contributed by atoms with van der Waals surface area (Å²) < 4.78 is 26.9. The molecule has 8 heteroatoms. The Morgan fingerprint density at radius 1 is 1.00 bits per heavy atom. The Balaban J connectivity index is 1.56. The minimum absolute atomic E-state index is 0.172. The monoisotopic (exact) mass is 429 g/mol. The van der Waals surface area contributed by atoms with Gasteiger partial charge in [-0.15, -0.1) is 0 Å². The van der Waals surface area contributed by atoms with E-state index in [4.69, 9.17) is 0 Å². The van der Waals surface area contributed by atoms with Gasteiger partial charge in [0.1, 0.15) is 0 Å². The van der Waals surface area contributed by atoms with Crippen LogP contribution in [0.4, 0.5) is 5.69 Å². The molecule has 2 amide bonds. The molecule has 0 unspecified atom stereocenters. The summed E-state index contributed by atoms with van der Waals surface area (Å²) in [6, 6.07) is 13.5. The van der Waals surface area contributed by atoms with Crippen molar-refractivity contribution in [3.8, 4) is 0 Å². The van der Waals surface area contributed by atoms with Crippen LogP contribution in [0, 0.1) is 0 Å². The van der Waals surface area contributed by atoms with Gasteiger partial charge in [0.15, 0.2) is 0 Å². The standard InChI is InChI=1S/C22H27N3O4S/c1-23-22(27)18-6-5-7-19(16-18)24-21(26)13-10-17-8-11-20(12-9-17)30(28,29)25-14-3-2-4-15-25/h5-9,11-12,16H,2-4,10,13-15H2,1H3,(H,23,27)(H,24,26). The van der Waals surface area contributed by atoms with Crippen LogP contribution in [0.5, 0.6) is 0 Å². The van der Waals surface area contributed by atoms with Gasteiger partial charge in [-0.1, -0.05) is 24.6 Å². The average molecular weight is 430 g/mol. The van der Waals surface area contributed by atoms with Crippen LogP contribution in [0.1, 0.15) is 41.6 Å². The highest BCUT2D eigenvalue weighted by molar-refractivity contribution is 7.89. The number of carbonyl (C=O) groups is 2. The number of nitrogens with one attached hydrogen (secondary N) is 2. The second kappa shape index (κ2) is 9.86. The summed E-state index contributed by atoms with van der Waals surface area (Å²) in [5.74, 6) is -0.389. The Bertz CT molecular complexity index is 997. The lowest BCUT2D eigenvalue weighted by Crippen LogP contribution is -2.35. The third-order valence-corrected chi connectivity index (χ3v) is 7.07. The van der Waals surface area contributed by atoms with Gasteiger partial charge in [0.25, 0.3) is 5.91 Å². The number of amides is 2. The van der Waals surface area contributed by atoms with E-state index in [1.807, 2.05) is 0 Å². The Morgan fingerprint density at radius 2 is 1.70 bits per heavy atom. The molecule has 30 heavy (non-hydrogen) atoms. The summed E-state index contributed by atoms with van der Waals surface area (Å²) in [6.45, 7) is 1.15. The van der Waals surface area contributed by atoms with Gasteiger partial charge >= 0.3 is 0 Å². The molecular weight excluding hydrogens is 402 g/mol. The van der Waals surface area contributed by atoms with Crippen molar-refractivity contribution < 1.29 is 18.0 Å². The number of hydrogen-bond acceptors (Lipinski definition) is 4. The maximum Gasteiger partial charge on any atom is 0.251 e. The molecule has 0 aromatic heterocycles. The van der Waals surface area contributed by atoms with E-state index >= 15 is 0 Å². The van der Waals surface area contributed by atoms with Crippen molar-refractivity contribution in [3.63, 3.8) is 0 Å². The molecule has 1 aliphatic rings. The fourth-order valence-corrected chi connectivity index (χ4v) is 4.96. The lowest BCUT2D eigenvalue weighted by molar-refractivity contribution is -0.116. The molecule has 0 atom stereocenters. The highest BCUT2D eigenvalue weighted by atomic mass is 32.2. The van der Waals surface area contributed by atoms with Gasteiger partial charge in [0.2, 0.25) is 15.9 Å². The Kier molecular flexibility index (Phi) is 7.23. The third kappa shape index (κ3) is 5.46. The van der Waals surface area contributed by atoms with Crippen LogP contribution < -0.4 is 10.6 Å². The van der Waals surface area contributed by atoms with Crippen LogP contribution in [-0.2, 0) is 21.2 Å². The van der Waals surface area contributed by atoms with Crippen LogP contribution in [-0.4, -0.2) is 44.7 Å². The maximum atomic E-state index is 12.7. The number of hydrogen-bond donors (Lipinski definition) is 2. The molecule has 1 fully saturated rings. The first-order valence-corrected chi connectivity index (χ1v) is 11.6. The van der Waals surface area contributed by atoms with Gasteiger partial charge < -0.3 is 10.6 Å². The topological polar surface area (TPSA) is 95.6 Å². The van der Waals surface area contributed by atoms with Crippen LogP contribution >= 0.6 is 0 Å². The molecule has 0 aliphatic carbocycles. The molecule has 1 saturated heterocycles. The number of anilines is 1. The number of benzene rings is 2. The lowest BCUT2D eigenvalue weighted by atomic mass is 10.1. The minimum atomic E-state index is -3.44. The van der Waals surface area contributed by atoms with Gasteiger partial charge in [-0.05, 0) is 55.2 Å². The molecule has 0 bridgehead atoms. The van der Waals surface area contributed by atoms with Crippen molar-refractivity contribution in [1.29, 1.82) is 0 Å². The third-order valence-electron chi connectivity index (χ3n) is 5.15. The summed E-state index contributed by atoms with van der Waals surface area (Å²) in [7, 11) is -1.89. The second-order valence-corrected chi connectivity index (χ2v) is 9.25. The first-order valence-electron chi connectivity index (χ1n) is 10.1. The van der Waals surface area contributed by atoms with E-state index in [9.17, 15) is 18.0 Å². The summed E-state index contributed by atoms with van der Waals surface area (Å²) in [5.41, 5.74) is 1.92. The molecule has 2 N–H and O–H groups in total. The fraction of sp³-hybridized carbons (Fsp3) is 0.364. The maximum absolute atomic E-state index is 12.7. The summed E-state index contributed by atoms with van der Waals surface area (Å²) in [5, 5.41) is 5.34. The van der Waals surface area contributed by atoms with Gasteiger partial charge in [-0.2, -0.15) is 4.31 Å². The summed E-state index contributed by atoms with van der Waals surface area (Å²) in [4.78, 5) is 24.2. The van der Waals surface area contributed by atoms with Crippen molar-refractivity contribution in [3.05, 3.63) is 59.7 Å². The van der Waals surface area contributed by atoms with E-state index in [1.54, 1.807) is 59.9 Å². The molecule has 0 saturated carbocycles. The van der Waals surface area contributed by atoms with Crippen molar-refractivity contribution in [2.45, 2.75) is 37.0 Å². The fourth-order valence-electron chi connectivity index (χ4n) is 3.45. The first kappa shape index (κ1) is 22.0. The van der Waals surface area contributed by atoms with E-state index in [0.29, 0.717) is 35.7 Å². The predicted octanol–water partition coefficient (Wildman–Crippen LogP) is 2.79. The van der Waals surface area contributed by atoms with Crippen LogP contribution in [0.15, 0.2) is 53.4 Å². The van der Waals surface area contributed by atoms with Crippen molar-refractivity contribution in [1.82, 2.24) is 9.62 Å². The molecule has 1 aliphatic heterocycles. The predicted molar refractivity (Wildman–Crippen MR) is 116 cm³/mol. The van der Waals surface area contributed by atoms with Crippen molar-refractivity contribution in [2.75, 3.05) is 25.5 Å². The number of nitrogens with zero attached hydrogens (tertiary/aromatic N) is 1. The van der Waals surface area contributed by atoms with E-state index in [-0.39, 0.29) is 18.2 Å². The number of piperidine rings is 1. The van der Waals surface area contributed by atoms with Gasteiger partial charge in [-0.3, -0.25) is 9.59 Å². The molecule has 1 heterocycles. The highest BCUT2D eigenvalue weighted by Crippen LogP contribution is 2.21. The van der Waals surface area contributed by atoms with Gasteiger partial charge in [0, 0.05) is 37.8 Å². The highest BCUT2D eigenvalue weighted by Gasteiger charge is 2.25. The average Bonchev–Trinajstić information content (AvgIpc) is 2.78. The van der Waals surface area contributed by atoms with Gasteiger partial charge in [0.05, 0.1) is 4.90 Å². The van der Waals surface area contributed by atoms with E-state index in [1.165, 1.54) is 0 Å². The van der Waals surface area contributed by atoms with Crippen molar-refractivity contribution in [2.24, 2.45) is 0 Å². The molecule has 7 nitrogen and oxygen atoms in total. The lowest BCUT2D eigenvalue weighted by Gasteiger charge is -2.25. The molecule has 2 aromatic carbocycles. The molecule has 160 valence electrons. The molecule has 2 aromatic rings. The Hall–Kier alpha value is -2.71. The first-order chi connectivity index (χ1) is 14.4. The quantitative estimate of drug-likeness (QED) is 0.707. The zero-order valence-corrected chi connectivity index (χ0v) is 17.9. The molecule has 0 radical (unpaired) electrons. The van der Waals surface area contributed by atoms with E-state index in [0.717, 1.165) is 24.8 Å². The van der Waals surface area contributed by atoms with Gasteiger partial charge in [-0.25, -0.2) is 8.42 Å². The zero-order valence-electron chi connectivity index (χ0n) is 17.1. The molecule has 3 rings (SSSR count). The smallest absolute Gasteiger partial charge is 0.251 e. The number of aryl methyl sites for hydroxylation is 1. The summed E-state index contributed by atoms with van der Waals surface area (Å²) in [6.07, 6.45) is 3.62. The largest absolute Gasteiger partial charge is 0.355 e. The van der Waals surface area contributed by atoms with Crippen LogP contribution in [0.25, 0.3) is 0 Å². The second-order valence-electron chi connectivity index (χ2n) is 7.32. The SMILES string of the molecule is CNC(=O)c1cccc(NC(=O)CCc2ccc(S(=O)(=O)N3CCCCC3)cc2)c1. The summed E-state index contributed by atoms with van der Waals surface area (Å²) >= 11 is 0. The molecule has 0 spiro atoms.